The lowest BCUT2D eigenvalue weighted by molar-refractivity contribution is 0.233. The molecule has 3 rings (SSSR count). The molecule has 0 radical (unpaired) electrons. The highest BCUT2D eigenvalue weighted by atomic mass is 15.3. The minimum Gasteiger partial charge on any atom is -0.354 e. The van der Waals surface area contributed by atoms with E-state index in [9.17, 15) is 0 Å². The first-order valence-electron chi connectivity index (χ1n) is 7.73. The number of para-hydroxylation sites is 1. The fraction of sp³-hybridized carbons (Fsp3) is 0.471. The number of benzene rings is 1. The van der Waals surface area contributed by atoms with E-state index in [0.717, 1.165) is 37.4 Å². The Balaban J connectivity index is 2.01. The molecule has 0 saturated carbocycles. The Morgan fingerprint density at radius 2 is 2.10 bits per heavy atom. The predicted molar refractivity (Wildman–Crippen MR) is 88.8 cm³/mol. The number of pyridine rings is 1. The highest BCUT2D eigenvalue weighted by Crippen LogP contribution is 2.25. The maximum absolute atomic E-state index is 5.80. The van der Waals surface area contributed by atoms with Crippen LogP contribution in [0.5, 0.6) is 0 Å². The molecule has 1 aromatic carbocycles. The Kier molecular flexibility index (Phi) is 4.08. The molecule has 1 unspecified atom stereocenters. The second-order valence-corrected chi connectivity index (χ2v) is 5.98. The van der Waals surface area contributed by atoms with Crippen LogP contribution in [-0.2, 0) is 6.42 Å². The van der Waals surface area contributed by atoms with E-state index in [0.29, 0.717) is 12.6 Å². The van der Waals surface area contributed by atoms with E-state index < -0.39 is 0 Å². The topological polar surface area (TPSA) is 45.4 Å². The summed E-state index contributed by atoms with van der Waals surface area (Å²) in [5, 5.41) is 1.20. The second-order valence-electron chi connectivity index (χ2n) is 5.98. The van der Waals surface area contributed by atoms with Crippen LogP contribution in [0.2, 0.25) is 0 Å². The van der Waals surface area contributed by atoms with Crippen LogP contribution in [-0.4, -0.2) is 49.2 Å². The molecule has 1 atom stereocenters. The van der Waals surface area contributed by atoms with Gasteiger partial charge in [0.2, 0.25) is 0 Å². The van der Waals surface area contributed by atoms with Gasteiger partial charge in [-0.05, 0) is 44.6 Å². The first kappa shape index (κ1) is 14.3. The number of nitrogens with two attached hydrogens (primary N) is 1. The third-order valence-electron chi connectivity index (χ3n) is 4.45. The molecule has 4 heteroatoms. The van der Waals surface area contributed by atoms with Gasteiger partial charge in [-0.1, -0.05) is 18.2 Å². The molecular formula is C17H24N4. The number of likely N-dealkylation sites (N-methyl/N-ethyl adjacent to an activating group) is 1. The van der Waals surface area contributed by atoms with E-state index in [4.69, 9.17) is 10.7 Å². The van der Waals surface area contributed by atoms with Crippen molar-refractivity contribution < 1.29 is 0 Å². The highest BCUT2D eigenvalue weighted by molar-refractivity contribution is 5.81. The van der Waals surface area contributed by atoms with E-state index >= 15 is 0 Å². The average molecular weight is 284 g/mol. The van der Waals surface area contributed by atoms with Gasteiger partial charge < -0.3 is 15.5 Å². The third-order valence-corrected chi connectivity index (χ3v) is 4.45. The fourth-order valence-electron chi connectivity index (χ4n) is 3.00. The lowest BCUT2D eigenvalue weighted by Crippen LogP contribution is -2.50. The summed E-state index contributed by atoms with van der Waals surface area (Å²) in [5.41, 5.74) is 8.14. The summed E-state index contributed by atoms with van der Waals surface area (Å²) in [6, 6.07) is 11.1. The summed E-state index contributed by atoms with van der Waals surface area (Å²) in [7, 11) is 2.19. The van der Waals surface area contributed by atoms with Gasteiger partial charge in [0.05, 0.1) is 5.52 Å². The number of hydrogen-bond acceptors (Lipinski definition) is 4. The van der Waals surface area contributed by atoms with E-state index in [1.165, 1.54) is 10.9 Å². The standard InChI is InChI=1S/C17H24N4/c1-13-12-21(10-9-20(13)2)17-15(7-8-18)11-14-5-3-4-6-16(14)19-17/h3-6,11,13H,7-10,12,18H2,1-2H3. The number of rotatable bonds is 3. The molecule has 2 N–H and O–H groups in total. The number of fused-ring (bicyclic) bond motifs is 1. The van der Waals surface area contributed by atoms with Crippen LogP contribution in [0.3, 0.4) is 0 Å². The molecule has 1 aliphatic heterocycles. The van der Waals surface area contributed by atoms with Crippen molar-refractivity contribution in [1.29, 1.82) is 0 Å². The summed E-state index contributed by atoms with van der Waals surface area (Å²) in [6.45, 7) is 6.08. The van der Waals surface area contributed by atoms with Crippen molar-refractivity contribution >= 4 is 16.7 Å². The van der Waals surface area contributed by atoms with Crippen molar-refractivity contribution in [3.63, 3.8) is 0 Å². The molecule has 1 fully saturated rings. The Morgan fingerprint density at radius 3 is 2.86 bits per heavy atom. The monoisotopic (exact) mass is 284 g/mol. The van der Waals surface area contributed by atoms with Gasteiger partial charge in [0.1, 0.15) is 5.82 Å². The molecule has 0 spiro atoms. The smallest absolute Gasteiger partial charge is 0.132 e. The van der Waals surface area contributed by atoms with E-state index in [1.807, 2.05) is 6.07 Å². The number of piperazine rings is 1. The van der Waals surface area contributed by atoms with Gasteiger partial charge in [-0.15, -0.1) is 0 Å². The van der Waals surface area contributed by atoms with Crippen molar-refractivity contribution in [1.82, 2.24) is 9.88 Å². The number of anilines is 1. The molecule has 1 aromatic heterocycles. The summed E-state index contributed by atoms with van der Waals surface area (Å²) < 4.78 is 0. The Bertz CT molecular complexity index is 625. The second kappa shape index (κ2) is 6.00. The Hall–Kier alpha value is -1.65. The molecule has 2 heterocycles. The maximum Gasteiger partial charge on any atom is 0.132 e. The van der Waals surface area contributed by atoms with Gasteiger partial charge in [-0.3, -0.25) is 0 Å². The first-order chi connectivity index (χ1) is 10.2. The van der Waals surface area contributed by atoms with Crippen LogP contribution in [0.4, 0.5) is 5.82 Å². The normalized spacial score (nSPS) is 20.1. The Morgan fingerprint density at radius 1 is 1.29 bits per heavy atom. The van der Waals surface area contributed by atoms with Crippen molar-refractivity contribution in [2.75, 3.05) is 38.1 Å². The third kappa shape index (κ3) is 2.87. The van der Waals surface area contributed by atoms with Gasteiger partial charge in [-0.25, -0.2) is 4.98 Å². The van der Waals surface area contributed by atoms with Gasteiger partial charge in [0.25, 0.3) is 0 Å². The van der Waals surface area contributed by atoms with Crippen molar-refractivity contribution in [3.8, 4) is 0 Å². The molecule has 112 valence electrons. The summed E-state index contributed by atoms with van der Waals surface area (Å²) in [5.74, 6) is 1.12. The molecular weight excluding hydrogens is 260 g/mol. The molecule has 1 saturated heterocycles. The van der Waals surface area contributed by atoms with Gasteiger partial charge in [-0.2, -0.15) is 0 Å². The SMILES string of the molecule is CC1CN(c2nc3ccccc3cc2CCN)CCN1C. The lowest BCUT2D eigenvalue weighted by atomic mass is 10.1. The summed E-state index contributed by atoms with van der Waals surface area (Å²) >= 11 is 0. The van der Waals surface area contributed by atoms with Crippen LogP contribution in [0.15, 0.2) is 30.3 Å². The molecule has 4 nitrogen and oxygen atoms in total. The van der Waals surface area contributed by atoms with Crippen LogP contribution in [0.1, 0.15) is 12.5 Å². The minimum atomic E-state index is 0.553. The van der Waals surface area contributed by atoms with Crippen LogP contribution >= 0.6 is 0 Å². The van der Waals surface area contributed by atoms with Crippen molar-refractivity contribution in [2.45, 2.75) is 19.4 Å². The molecule has 0 bridgehead atoms. The quantitative estimate of drug-likeness (QED) is 0.935. The molecule has 0 amide bonds. The van der Waals surface area contributed by atoms with E-state index in [2.05, 4.69) is 48.0 Å². The summed E-state index contributed by atoms with van der Waals surface area (Å²) in [6.07, 6.45) is 0.883. The van der Waals surface area contributed by atoms with Gasteiger partial charge >= 0.3 is 0 Å². The van der Waals surface area contributed by atoms with Gasteiger partial charge in [0, 0.05) is 31.1 Å². The molecule has 2 aromatic rings. The minimum absolute atomic E-state index is 0.553. The first-order valence-corrected chi connectivity index (χ1v) is 7.73. The summed E-state index contributed by atoms with van der Waals surface area (Å²) in [4.78, 5) is 9.75. The highest BCUT2D eigenvalue weighted by Gasteiger charge is 2.23. The Labute approximate surface area is 126 Å². The largest absolute Gasteiger partial charge is 0.354 e. The fourth-order valence-corrected chi connectivity index (χ4v) is 3.00. The number of aromatic nitrogens is 1. The predicted octanol–water partition coefficient (Wildman–Crippen LogP) is 1.88. The van der Waals surface area contributed by atoms with Crippen LogP contribution < -0.4 is 10.6 Å². The van der Waals surface area contributed by atoms with Crippen molar-refractivity contribution in [3.05, 3.63) is 35.9 Å². The van der Waals surface area contributed by atoms with E-state index in [1.54, 1.807) is 0 Å². The maximum atomic E-state index is 5.80. The molecule has 21 heavy (non-hydrogen) atoms. The zero-order chi connectivity index (χ0) is 14.8. The van der Waals surface area contributed by atoms with Crippen LogP contribution in [0, 0.1) is 0 Å². The lowest BCUT2D eigenvalue weighted by Gasteiger charge is -2.39. The van der Waals surface area contributed by atoms with Crippen LogP contribution in [0.25, 0.3) is 10.9 Å². The average Bonchev–Trinajstić information content (AvgIpc) is 2.50. The number of nitrogens with zero attached hydrogens (tertiary/aromatic N) is 3. The van der Waals surface area contributed by atoms with Crippen molar-refractivity contribution in [2.24, 2.45) is 5.73 Å². The zero-order valence-corrected chi connectivity index (χ0v) is 12.9. The zero-order valence-electron chi connectivity index (χ0n) is 12.9. The number of hydrogen-bond donors (Lipinski definition) is 1. The molecule has 0 aliphatic carbocycles. The van der Waals surface area contributed by atoms with E-state index in [-0.39, 0.29) is 0 Å². The molecule has 1 aliphatic rings. The van der Waals surface area contributed by atoms with Gasteiger partial charge in [0.15, 0.2) is 0 Å².